The van der Waals surface area contributed by atoms with Crippen molar-refractivity contribution in [1.29, 1.82) is 0 Å². The number of nitrogens with zero attached hydrogens (tertiary/aromatic N) is 1. The minimum atomic E-state index is -3.87. The summed E-state index contributed by atoms with van der Waals surface area (Å²) in [5, 5.41) is 0. The van der Waals surface area contributed by atoms with E-state index in [1.807, 2.05) is 0 Å². The molecule has 2 rings (SSSR count). The highest BCUT2D eigenvalue weighted by molar-refractivity contribution is 7.92. The smallest absolute Gasteiger partial charge is 0.262 e. The number of sulfonamides is 1. The Morgan fingerprint density at radius 1 is 0.875 bits per heavy atom. The molecule has 2 aromatic rings. The van der Waals surface area contributed by atoms with Gasteiger partial charge in [0.2, 0.25) is 11.8 Å². The molecule has 0 bridgehead atoms. The van der Waals surface area contributed by atoms with E-state index in [1.165, 1.54) is 58.8 Å². The fraction of sp³-hybridized carbons (Fsp3) is 0.267. The molecule has 9 heteroatoms. The van der Waals surface area contributed by atoms with Crippen molar-refractivity contribution in [2.45, 2.75) is 4.90 Å². The molecular weight excluding hydrogens is 336 g/mol. The molecule has 0 unspecified atom stereocenters. The van der Waals surface area contributed by atoms with Gasteiger partial charge in [-0.05, 0) is 18.2 Å². The van der Waals surface area contributed by atoms with Crippen LogP contribution in [0.4, 0.5) is 5.69 Å². The molecular formula is C15H18N2O6S. The van der Waals surface area contributed by atoms with E-state index in [4.69, 9.17) is 18.9 Å². The highest BCUT2D eigenvalue weighted by Gasteiger charge is 2.20. The lowest BCUT2D eigenvalue weighted by Crippen LogP contribution is -2.14. The number of methoxy groups -OCH3 is 4. The van der Waals surface area contributed by atoms with E-state index < -0.39 is 10.0 Å². The maximum Gasteiger partial charge on any atom is 0.262 e. The Morgan fingerprint density at radius 2 is 1.58 bits per heavy atom. The molecule has 0 spiro atoms. The summed E-state index contributed by atoms with van der Waals surface area (Å²) in [7, 11) is 1.87. The normalized spacial score (nSPS) is 10.8. The van der Waals surface area contributed by atoms with Crippen molar-refractivity contribution in [3.63, 3.8) is 0 Å². The first-order valence-corrected chi connectivity index (χ1v) is 8.27. The summed E-state index contributed by atoms with van der Waals surface area (Å²) in [5.41, 5.74) is 0.188. The van der Waals surface area contributed by atoms with Gasteiger partial charge in [0.1, 0.15) is 5.69 Å². The number of ether oxygens (including phenoxy) is 4. The monoisotopic (exact) mass is 354 g/mol. The molecule has 0 radical (unpaired) electrons. The van der Waals surface area contributed by atoms with E-state index in [2.05, 4.69) is 9.71 Å². The fourth-order valence-corrected chi connectivity index (χ4v) is 3.03. The molecule has 24 heavy (non-hydrogen) atoms. The number of hydrogen-bond donors (Lipinski definition) is 1. The van der Waals surface area contributed by atoms with Gasteiger partial charge in [0.05, 0.1) is 33.3 Å². The van der Waals surface area contributed by atoms with E-state index in [0.717, 1.165) is 0 Å². The third-order valence-corrected chi connectivity index (χ3v) is 4.51. The highest BCUT2D eigenvalue weighted by Crippen LogP contribution is 2.31. The van der Waals surface area contributed by atoms with E-state index >= 15 is 0 Å². The topological polar surface area (TPSA) is 96.0 Å². The van der Waals surface area contributed by atoms with E-state index in [1.54, 1.807) is 0 Å². The quantitative estimate of drug-likeness (QED) is 0.811. The minimum Gasteiger partial charge on any atom is -0.493 e. The van der Waals surface area contributed by atoms with Crippen LogP contribution in [0.2, 0.25) is 0 Å². The Bertz CT molecular complexity index is 823. The van der Waals surface area contributed by atoms with Crippen LogP contribution in [-0.2, 0) is 10.0 Å². The zero-order valence-corrected chi connectivity index (χ0v) is 14.5. The second-order valence-corrected chi connectivity index (χ2v) is 6.22. The maximum absolute atomic E-state index is 12.6. The van der Waals surface area contributed by atoms with Crippen molar-refractivity contribution in [3.05, 3.63) is 30.3 Å². The molecule has 0 saturated heterocycles. The van der Waals surface area contributed by atoms with Gasteiger partial charge in [-0.25, -0.2) is 8.42 Å². The average molecular weight is 354 g/mol. The van der Waals surface area contributed by atoms with Crippen molar-refractivity contribution >= 4 is 15.7 Å². The molecule has 0 fully saturated rings. The molecule has 0 aliphatic rings. The largest absolute Gasteiger partial charge is 0.493 e. The second-order valence-electron chi connectivity index (χ2n) is 4.53. The number of nitrogens with one attached hydrogen (secondary N) is 1. The van der Waals surface area contributed by atoms with Crippen LogP contribution < -0.4 is 23.7 Å². The summed E-state index contributed by atoms with van der Waals surface area (Å²) in [6.45, 7) is 0. The number of hydrogen-bond acceptors (Lipinski definition) is 7. The number of pyridine rings is 1. The predicted molar refractivity (Wildman–Crippen MR) is 87.7 cm³/mol. The Morgan fingerprint density at radius 3 is 2.17 bits per heavy atom. The predicted octanol–water partition coefficient (Wildman–Crippen LogP) is 1.92. The summed E-state index contributed by atoms with van der Waals surface area (Å²) in [4.78, 5) is 4.04. The van der Waals surface area contributed by atoms with Gasteiger partial charge in [-0.3, -0.25) is 4.72 Å². The van der Waals surface area contributed by atoms with Crippen LogP contribution in [0.1, 0.15) is 0 Å². The maximum atomic E-state index is 12.6. The van der Waals surface area contributed by atoms with Crippen LogP contribution >= 0.6 is 0 Å². The van der Waals surface area contributed by atoms with E-state index in [-0.39, 0.29) is 16.5 Å². The Kier molecular flexibility index (Phi) is 5.35. The third-order valence-electron chi connectivity index (χ3n) is 3.15. The molecule has 0 amide bonds. The molecule has 0 aliphatic heterocycles. The van der Waals surface area contributed by atoms with Gasteiger partial charge in [0.25, 0.3) is 10.0 Å². The van der Waals surface area contributed by atoms with Gasteiger partial charge in [-0.15, -0.1) is 0 Å². The first-order valence-electron chi connectivity index (χ1n) is 6.79. The lowest BCUT2D eigenvalue weighted by atomic mass is 10.3. The van der Waals surface area contributed by atoms with Crippen LogP contribution in [0.15, 0.2) is 35.2 Å². The summed E-state index contributed by atoms with van der Waals surface area (Å²) >= 11 is 0. The van der Waals surface area contributed by atoms with Crippen LogP contribution in [0.5, 0.6) is 23.3 Å². The molecule has 130 valence electrons. The summed E-state index contributed by atoms with van der Waals surface area (Å²) < 4.78 is 47.9. The zero-order valence-electron chi connectivity index (χ0n) is 13.7. The Labute approximate surface area is 140 Å². The first-order chi connectivity index (χ1) is 11.4. The molecule has 1 N–H and O–H groups in total. The van der Waals surface area contributed by atoms with Gasteiger partial charge in [-0.2, -0.15) is 4.98 Å². The van der Waals surface area contributed by atoms with Crippen LogP contribution in [0.3, 0.4) is 0 Å². The lowest BCUT2D eigenvalue weighted by molar-refractivity contribution is 0.354. The molecule has 1 heterocycles. The van der Waals surface area contributed by atoms with Gasteiger partial charge < -0.3 is 18.9 Å². The fourth-order valence-electron chi connectivity index (χ4n) is 1.96. The van der Waals surface area contributed by atoms with Gasteiger partial charge in [0.15, 0.2) is 11.5 Å². The Balaban J connectivity index is 2.38. The second kappa shape index (κ2) is 7.26. The van der Waals surface area contributed by atoms with E-state index in [9.17, 15) is 8.42 Å². The molecule has 0 atom stereocenters. The van der Waals surface area contributed by atoms with Crippen molar-refractivity contribution in [2.24, 2.45) is 0 Å². The van der Waals surface area contributed by atoms with Crippen molar-refractivity contribution in [2.75, 3.05) is 33.2 Å². The number of aromatic nitrogens is 1. The Hall–Kier alpha value is -2.68. The zero-order chi connectivity index (χ0) is 17.7. The summed E-state index contributed by atoms with van der Waals surface area (Å²) in [6, 6.07) is 7.31. The third kappa shape index (κ3) is 3.62. The summed E-state index contributed by atoms with van der Waals surface area (Å²) in [5.74, 6) is 1.14. The first kappa shape index (κ1) is 17.7. The number of benzene rings is 1. The molecule has 1 aromatic heterocycles. The summed E-state index contributed by atoms with van der Waals surface area (Å²) in [6.07, 6.45) is 0. The molecule has 0 saturated carbocycles. The van der Waals surface area contributed by atoms with Gasteiger partial charge >= 0.3 is 0 Å². The standard InChI is InChI=1S/C15H18N2O6S/c1-20-12-7-5-10(9-13(12)21-2)24(18,19)17-11-6-8-14(22-3)16-15(11)23-4/h5-9,17H,1-4H3. The number of rotatable bonds is 7. The van der Waals surface area contributed by atoms with Crippen molar-refractivity contribution < 1.29 is 27.4 Å². The van der Waals surface area contributed by atoms with E-state index in [0.29, 0.717) is 17.4 Å². The van der Waals surface area contributed by atoms with Crippen molar-refractivity contribution in [3.8, 4) is 23.3 Å². The number of anilines is 1. The minimum absolute atomic E-state index is 0.0121. The molecule has 1 aromatic carbocycles. The highest BCUT2D eigenvalue weighted by atomic mass is 32.2. The van der Waals surface area contributed by atoms with Gasteiger partial charge in [0, 0.05) is 12.1 Å². The van der Waals surface area contributed by atoms with Crippen LogP contribution in [-0.4, -0.2) is 41.8 Å². The molecule has 8 nitrogen and oxygen atoms in total. The SMILES string of the molecule is COc1ccc(NS(=O)(=O)c2ccc(OC)c(OC)c2)c(OC)n1. The lowest BCUT2D eigenvalue weighted by Gasteiger charge is -2.13. The van der Waals surface area contributed by atoms with Crippen molar-refractivity contribution in [1.82, 2.24) is 4.98 Å². The van der Waals surface area contributed by atoms with Crippen LogP contribution in [0.25, 0.3) is 0 Å². The average Bonchev–Trinajstić information content (AvgIpc) is 2.61. The van der Waals surface area contributed by atoms with Crippen LogP contribution in [0, 0.1) is 0 Å². The molecule has 0 aliphatic carbocycles. The van der Waals surface area contributed by atoms with Gasteiger partial charge in [-0.1, -0.05) is 0 Å².